The molecule has 0 saturated heterocycles. The first-order valence-electron chi connectivity index (χ1n) is 7.66. The molecule has 0 unspecified atom stereocenters. The van der Waals surface area contributed by atoms with Gasteiger partial charge in [-0.05, 0) is 43.7 Å². The van der Waals surface area contributed by atoms with E-state index in [0.717, 1.165) is 37.0 Å². The molecule has 1 fully saturated rings. The van der Waals surface area contributed by atoms with E-state index in [1.807, 2.05) is 12.1 Å². The minimum Gasteiger partial charge on any atom is -0.388 e. The molecule has 3 rings (SSSR count). The average molecular weight is 299 g/mol. The summed E-state index contributed by atoms with van der Waals surface area (Å²) in [4.78, 5) is 19.4. The predicted octanol–water partition coefficient (Wildman–Crippen LogP) is 2.26. The lowest BCUT2D eigenvalue weighted by Crippen LogP contribution is -2.20. The van der Waals surface area contributed by atoms with Crippen LogP contribution in [-0.4, -0.2) is 21.7 Å². The fraction of sp³-hybridized carbons (Fsp3) is 0.438. The summed E-state index contributed by atoms with van der Waals surface area (Å²) in [6.45, 7) is 0. The molecule has 6 nitrogen and oxygen atoms in total. The van der Waals surface area contributed by atoms with Gasteiger partial charge in [0, 0.05) is 12.3 Å². The summed E-state index contributed by atoms with van der Waals surface area (Å²) in [6, 6.07) is 5.44. The number of para-hydroxylation sites is 1. The first-order valence-corrected chi connectivity index (χ1v) is 7.66. The number of fused-ring (bicyclic) bond motifs is 1. The Balaban J connectivity index is 1.79. The molecule has 0 radical (unpaired) electrons. The number of carbonyl (C=O) groups excluding carboxylic acids is 1. The van der Waals surface area contributed by atoms with Crippen LogP contribution in [0.15, 0.2) is 18.2 Å². The number of benzene rings is 1. The van der Waals surface area contributed by atoms with Gasteiger partial charge in [0.25, 0.3) is 5.91 Å². The first-order chi connectivity index (χ1) is 10.5. The van der Waals surface area contributed by atoms with E-state index in [1.54, 1.807) is 6.07 Å². The van der Waals surface area contributed by atoms with Crippen molar-refractivity contribution >= 4 is 22.8 Å². The molecule has 1 aliphatic rings. The number of hydrogen-bond donors (Lipinski definition) is 4. The molecule has 1 heterocycles. The number of H-pyrrole nitrogens is 1. The zero-order valence-electron chi connectivity index (χ0n) is 12.4. The third-order valence-corrected chi connectivity index (χ3v) is 4.54. The molecular weight excluding hydrogens is 278 g/mol. The second-order valence-electron chi connectivity index (χ2n) is 6.14. The van der Waals surface area contributed by atoms with Gasteiger partial charge in [-0.1, -0.05) is 6.07 Å². The van der Waals surface area contributed by atoms with Crippen LogP contribution in [0.5, 0.6) is 0 Å². The summed E-state index contributed by atoms with van der Waals surface area (Å²) in [7, 11) is 0. The Morgan fingerprint density at radius 2 is 2.00 bits per heavy atom. The Morgan fingerprint density at radius 1 is 1.27 bits per heavy atom. The fourth-order valence-electron chi connectivity index (χ4n) is 3.39. The number of amides is 1. The second-order valence-corrected chi connectivity index (χ2v) is 6.14. The third kappa shape index (κ3) is 2.81. The lowest BCUT2D eigenvalue weighted by molar-refractivity contribution is 0.100. The summed E-state index contributed by atoms with van der Waals surface area (Å²) >= 11 is 0. The standard InChI is InChI=1S/C16H21N5O/c17-13(18)8-9-4-6-10(7-5-9)16-20-12-3-1-2-11(15(19)22)14(12)21-16/h1-3,9-10H,4-8H2,(H3,17,18)(H2,19,22)(H,20,21). The molecule has 6 heteroatoms. The molecule has 0 aliphatic heterocycles. The van der Waals surface area contributed by atoms with E-state index >= 15 is 0 Å². The highest BCUT2D eigenvalue weighted by Crippen LogP contribution is 2.36. The van der Waals surface area contributed by atoms with Crippen molar-refractivity contribution < 1.29 is 4.79 Å². The predicted molar refractivity (Wildman–Crippen MR) is 85.8 cm³/mol. The van der Waals surface area contributed by atoms with Gasteiger partial charge in [-0.25, -0.2) is 4.98 Å². The second kappa shape index (κ2) is 5.79. The molecule has 116 valence electrons. The summed E-state index contributed by atoms with van der Waals surface area (Å²) in [5.74, 6) is 1.65. The van der Waals surface area contributed by atoms with E-state index in [4.69, 9.17) is 16.9 Å². The van der Waals surface area contributed by atoms with E-state index in [2.05, 4.69) is 9.97 Å². The van der Waals surface area contributed by atoms with Gasteiger partial charge in [-0.2, -0.15) is 0 Å². The van der Waals surface area contributed by atoms with E-state index in [0.29, 0.717) is 29.3 Å². The highest BCUT2D eigenvalue weighted by molar-refractivity contribution is 6.04. The lowest BCUT2D eigenvalue weighted by atomic mass is 9.80. The Bertz CT molecular complexity index is 712. The normalized spacial score (nSPS) is 21.8. The summed E-state index contributed by atoms with van der Waals surface area (Å²) < 4.78 is 0. The molecule has 0 bridgehead atoms. The zero-order chi connectivity index (χ0) is 15.7. The number of nitrogens with two attached hydrogens (primary N) is 2. The Kier molecular flexibility index (Phi) is 3.83. The van der Waals surface area contributed by atoms with Crippen LogP contribution in [0.25, 0.3) is 11.0 Å². The lowest BCUT2D eigenvalue weighted by Gasteiger charge is -2.26. The number of nitrogens with zero attached hydrogens (tertiary/aromatic N) is 1. The van der Waals surface area contributed by atoms with Crippen LogP contribution in [0.3, 0.4) is 0 Å². The third-order valence-electron chi connectivity index (χ3n) is 4.54. The SMILES string of the molecule is N=C(N)CC1CCC(c2nc3c(C(N)=O)cccc3[nH]2)CC1. The smallest absolute Gasteiger partial charge is 0.250 e. The minimum atomic E-state index is -0.450. The quantitative estimate of drug-likeness (QED) is 0.511. The molecule has 1 aromatic heterocycles. The van der Waals surface area contributed by atoms with Crippen molar-refractivity contribution in [1.29, 1.82) is 5.41 Å². The van der Waals surface area contributed by atoms with Gasteiger partial charge in [0.05, 0.1) is 16.9 Å². The number of aromatic amines is 1. The molecular formula is C16H21N5O. The van der Waals surface area contributed by atoms with Crippen molar-refractivity contribution in [2.45, 2.75) is 38.0 Å². The molecule has 0 atom stereocenters. The maximum Gasteiger partial charge on any atom is 0.250 e. The monoisotopic (exact) mass is 299 g/mol. The number of aromatic nitrogens is 2. The molecule has 1 amide bonds. The van der Waals surface area contributed by atoms with Crippen molar-refractivity contribution in [2.24, 2.45) is 17.4 Å². The van der Waals surface area contributed by atoms with Gasteiger partial charge in [0.15, 0.2) is 0 Å². The van der Waals surface area contributed by atoms with Gasteiger partial charge >= 0.3 is 0 Å². The molecule has 2 aromatic rings. The minimum absolute atomic E-state index is 0.276. The molecule has 22 heavy (non-hydrogen) atoms. The van der Waals surface area contributed by atoms with Crippen LogP contribution >= 0.6 is 0 Å². The van der Waals surface area contributed by atoms with Crippen LogP contribution < -0.4 is 11.5 Å². The van der Waals surface area contributed by atoms with Gasteiger partial charge < -0.3 is 16.5 Å². The van der Waals surface area contributed by atoms with E-state index in [1.165, 1.54) is 0 Å². The first kappa shape index (κ1) is 14.6. The number of rotatable bonds is 4. The van der Waals surface area contributed by atoms with Crippen molar-refractivity contribution in [2.75, 3.05) is 0 Å². The number of imidazole rings is 1. The number of nitrogens with one attached hydrogen (secondary N) is 2. The molecule has 1 aliphatic carbocycles. The highest BCUT2D eigenvalue weighted by atomic mass is 16.1. The number of amidine groups is 1. The molecule has 6 N–H and O–H groups in total. The van der Waals surface area contributed by atoms with Gasteiger partial charge in [-0.15, -0.1) is 0 Å². The summed E-state index contributed by atoms with van der Waals surface area (Å²) in [5.41, 5.74) is 12.9. The van der Waals surface area contributed by atoms with E-state index < -0.39 is 5.91 Å². The molecule has 0 spiro atoms. The van der Waals surface area contributed by atoms with Crippen LogP contribution in [0.4, 0.5) is 0 Å². The average Bonchev–Trinajstić information content (AvgIpc) is 2.90. The Morgan fingerprint density at radius 3 is 2.64 bits per heavy atom. The van der Waals surface area contributed by atoms with E-state index in [-0.39, 0.29) is 5.84 Å². The Labute approximate surface area is 128 Å². The largest absolute Gasteiger partial charge is 0.388 e. The van der Waals surface area contributed by atoms with Crippen LogP contribution in [0.1, 0.15) is 54.2 Å². The molecule has 1 aromatic carbocycles. The highest BCUT2D eigenvalue weighted by Gasteiger charge is 2.25. The molecule has 1 saturated carbocycles. The number of carbonyl (C=O) groups is 1. The van der Waals surface area contributed by atoms with Crippen LogP contribution in [-0.2, 0) is 0 Å². The van der Waals surface area contributed by atoms with Gasteiger partial charge in [0.2, 0.25) is 0 Å². The summed E-state index contributed by atoms with van der Waals surface area (Å²) in [6.07, 6.45) is 4.87. The maximum absolute atomic E-state index is 11.5. The van der Waals surface area contributed by atoms with Crippen molar-refractivity contribution in [3.8, 4) is 0 Å². The van der Waals surface area contributed by atoms with Crippen molar-refractivity contribution in [1.82, 2.24) is 9.97 Å². The number of hydrogen-bond acceptors (Lipinski definition) is 3. The van der Waals surface area contributed by atoms with Gasteiger partial charge in [0.1, 0.15) is 11.3 Å². The number of primary amides is 1. The Hall–Kier alpha value is -2.37. The van der Waals surface area contributed by atoms with Crippen molar-refractivity contribution in [3.05, 3.63) is 29.6 Å². The zero-order valence-corrected chi connectivity index (χ0v) is 12.4. The van der Waals surface area contributed by atoms with E-state index in [9.17, 15) is 4.79 Å². The summed E-state index contributed by atoms with van der Waals surface area (Å²) in [5, 5.41) is 7.40. The maximum atomic E-state index is 11.5. The van der Waals surface area contributed by atoms with Crippen molar-refractivity contribution in [3.63, 3.8) is 0 Å². The topological polar surface area (TPSA) is 122 Å². The van der Waals surface area contributed by atoms with Crippen LogP contribution in [0.2, 0.25) is 0 Å². The van der Waals surface area contributed by atoms with Crippen LogP contribution in [0, 0.1) is 11.3 Å². The van der Waals surface area contributed by atoms with Gasteiger partial charge in [-0.3, -0.25) is 10.2 Å². The fourth-order valence-corrected chi connectivity index (χ4v) is 3.39.